The number of nitrogens with zero attached hydrogens (tertiary/aromatic N) is 2. The van der Waals surface area contributed by atoms with E-state index in [0.717, 1.165) is 0 Å². The second-order valence-electron chi connectivity index (χ2n) is 4.86. The number of ether oxygens (including phenoxy) is 1. The van der Waals surface area contributed by atoms with Crippen LogP contribution in [0.3, 0.4) is 0 Å². The van der Waals surface area contributed by atoms with E-state index in [4.69, 9.17) is 10.00 Å². The van der Waals surface area contributed by atoms with Crippen LogP contribution in [0.2, 0.25) is 0 Å². The van der Waals surface area contributed by atoms with E-state index in [1.54, 1.807) is 20.8 Å². The molecular formula is C11H17N3O3S. The molecular weight excluding hydrogens is 254 g/mol. The number of hydrogen-bond donors (Lipinski definition) is 1. The average Bonchev–Trinajstić information content (AvgIpc) is 2.71. The van der Waals surface area contributed by atoms with Crippen molar-refractivity contribution in [3.8, 4) is 6.07 Å². The van der Waals surface area contributed by atoms with Gasteiger partial charge in [0, 0.05) is 5.75 Å². The maximum atomic E-state index is 11.8. The topological polar surface area (TPSA) is 82.4 Å². The van der Waals surface area contributed by atoms with Crippen molar-refractivity contribution >= 4 is 23.8 Å². The van der Waals surface area contributed by atoms with Gasteiger partial charge in [-0.3, -0.25) is 4.79 Å². The summed E-state index contributed by atoms with van der Waals surface area (Å²) in [5.41, 5.74) is -0.591. The molecule has 1 atom stereocenters. The number of carbonyl (C=O) groups excluding carboxylic acids is 2. The summed E-state index contributed by atoms with van der Waals surface area (Å²) in [6, 6.07) is 1.66. The number of nitriles is 1. The predicted molar refractivity (Wildman–Crippen MR) is 67.8 cm³/mol. The van der Waals surface area contributed by atoms with Crippen LogP contribution in [0.1, 0.15) is 20.8 Å². The molecule has 0 aromatic carbocycles. The third kappa shape index (κ3) is 4.45. The Hall–Kier alpha value is -1.42. The van der Waals surface area contributed by atoms with Crippen molar-refractivity contribution in [3.63, 3.8) is 0 Å². The van der Waals surface area contributed by atoms with Gasteiger partial charge in [-0.05, 0) is 20.8 Å². The molecule has 1 fully saturated rings. The van der Waals surface area contributed by atoms with E-state index in [-0.39, 0.29) is 12.5 Å². The summed E-state index contributed by atoms with van der Waals surface area (Å²) < 4.78 is 5.01. The molecule has 0 bridgehead atoms. The third-order valence-corrected chi connectivity index (χ3v) is 3.15. The second-order valence-corrected chi connectivity index (χ2v) is 5.86. The monoisotopic (exact) mass is 271 g/mol. The fourth-order valence-corrected chi connectivity index (χ4v) is 2.46. The van der Waals surface area contributed by atoms with Crippen molar-refractivity contribution in [2.45, 2.75) is 32.4 Å². The van der Waals surface area contributed by atoms with E-state index in [0.29, 0.717) is 11.6 Å². The van der Waals surface area contributed by atoms with Crippen LogP contribution >= 0.6 is 11.8 Å². The van der Waals surface area contributed by atoms with Crippen LogP contribution in [0.25, 0.3) is 0 Å². The second kappa shape index (κ2) is 5.96. The number of nitrogens with one attached hydrogen (secondary N) is 1. The van der Waals surface area contributed by atoms with Crippen LogP contribution < -0.4 is 5.32 Å². The van der Waals surface area contributed by atoms with Crippen molar-refractivity contribution in [1.29, 1.82) is 5.26 Å². The number of carbonyl (C=O) groups is 2. The van der Waals surface area contributed by atoms with Crippen molar-refractivity contribution in [2.75, 3.05) is 18.2 Å². The highest BCUT2D eigenvalue weighted by molar-refractivity contribution is 7.99. The summed E-state index contributed by atoms with van der Waals surface area (Å²) in [6.07, 6.45) is -0.629. The number of rotatable bonds is 2. The van der Waals surface area contributed by atoms with Crippen molar-refractivity contribution < 1.29 is 14.3 Å². The maximum absolute atomic E-state index is 11.8. The van der Waals surface area contributed by atoms with Crippen LogP contribution in [0.4, 0.5) is 4.79 Å². The Kier molecular flexibility index (Phi) is 4.84. The van der Waals surface area contributed by atoms with E-state index >= 15 is 0 Å². The average molecular weight is 271 g/mol. The van der Waals surface area contributed by atoms with Crippen LogP contribution in [0.15, 0.2) is 0 Å². The molecule has 1 heterocycles. The summed E-state index contributed by atoms with van der Waals surface area (Å²) in [4.78, 5) is 24.6. The van der Waals surface area contributed by atoms with E-state index < -0.39 is 17.7 Å². The van der Waals surface area contributed by atoms with Gasteiger partial charge in [-0.1, -0.05) is 0 Å². The fourth-order valence-electron chi connectivity index (χ4n) is 1.36. The lowest BCUT2D eigenvalue weighted by atomic mass is 10.2. The summed E-state index contributed by atoms with van der Waals surface area (Å²) in [6.45, 7) is 5.10. The van der Waals surface area contributed by atoms with E-state index in [9.17, 15) is 9.59 Å². The van der Waals surface area contributed by atoms with Gasteiger partial charge < -0.3 is 15.0 Å². The van der Waals surface area contributed by atoms with Crippen molar-refractivity contribution in [1.82, 2.24) is 10.2 Å². The molecule has 1 aliphatic rings. The molecule has 0 radical (unpaired) electrons. The lowest BCUT2D eigenvalue weighted by Gasteiger charge is -2.21. The van der Waals surface area contributed by atoms with Crippen molar-refractivity contribution in [3.05, 3.63) is 0 Å². The number of thioether (sulfide) groups is 1. The highest BCUT2D eigenvalue weighted by Gasteiger charge is 2.29. The minimum atomic E-state index is -0.629. The Morgan fingerprint density at radius 1 is 1.56 bits per heavy atom. The first-order valence-electron chi connectivity index (χ1n) is 5.57. The standard InChI is InChI=1S/C11H17N3O3S/c1-11(2,3)17-10(16)13-5-9(15)14-7-18-6-8(14)4-12/h8H,5-7H2,1-3H3,(H,13,16). The molecule has 1 N–H and O–H groups in total. The molecule has 6 nitrogen and oxygen atoms in total. The molecule has 0 saturated carbocycles. The van der Waals surface area contributed by atoms with Gasteiger partial charge in [0.2, 0.25) is 5.91 Å². The van der Waals surface area contributed by atoms with Crippen molar-refractivity contribution in [2.24, 2.45) is 0 Å². The highest BCUT2D eigenvalue weighted by atomic mass is 32.2. The Balaban J connectivity index is 2.38. The van der Waals surface area contributed by atoms with Crippen LogP contribution in [-0.4, -0.2) is 46.7 Å². The zero-order valence-electron chi connectivity index (χ0n) is 10.7. The Labute approximate surface area is 111 Å². The first-order chi connectivity index (χ1) is 8.33. The molecule has 1 saturated heterocycles. The minimum Gasteiger partial charge on any atom is -0.444 e. The molecule has 7 heteroatoms. The molecule has 0 aliphatic carbocycles. The Bertz CT molecular complexity index is 373. The van der Waals surface area contributed by atoms with Gasteiger partial charge in [0.15, 0.2) is 0 Å². The maximum Gasteiger partial charge on any atom is 0.408 e. The largest absolute Gasteiger partial charge is 0.444 e. The van der Waals surface area contributed by atoms with Gasteiger partial charge >= 0.3 is 6.09 Å². The normalized spacial score (nSPS) is 19.2. The summed E-state index contributed by atoms with van der Waals surface area (Å²) >= 11 is 1.53. The SMILES string of the molecule is CC(C)(C)OC(=O)NCC(=O)N1CSCC1C#N. The molecule has 1 unspecified atom stereocenters. The van der Waals surface area contributed by atoms with Gasteiger partial charge in [0.1, 0.15) is 18.2 Å². The summed E-state index contributed by atoms with van der Waals surface area (Å²) in [7, 11) is 0. The summed E-state index contributed by atoms with van der Waals surface area (Å²) in [5.74, 6) is 0.847. The third-order valence-electron chi connectivity index (χ3n) is 2.13. The lowest BCUT2D eigenvalue weighted by Crippen LogP contribution is -2.43. The van der Waals surface area contributed by atoms with E-state index in [1.165, 1.54) is 16.7 Å². The molecule has 1 rings (SSSR count). The minimum absolute atomic E-state index is 0.145. The van der Waals surface area contributed by atoms with Crippen LogP contribution in [-0.2, 0) is 9.53 Å². The quantitative estimate of drug-likeness (QED) is 0.808. The Morgan fingerprint density at radius 2 is 2.22 bits per heavy atom. The van der Waals surface area contributed by atoms with Gasteiger partial charge in [-0.2, -0.15) is 5.26 Å². The molecule has 1 aliphatic heterocycles. The van der Waals surface area contributed by atoms with E-state index in [1.807, 2.05) is 0 Å². The first-order valence-corrected chi connectivity index (χ1v) is 6.72. The fraction of sp³-hybridized carbons (Fsp3) is 0.727. The smallest absolute Gasteiger partial charge is 0.408 e. The highest BCUT2D eigenvalue weighted by Crippen LogP contribution is 2.19. The molecule has 100 valence electrons. The Morgan fingerprint density at radius 3 is 2.78 bits per heavy atom. The number of alkyl carbamates (subject to hydrolysis) is 1. The van der Waals surface area contributed by atoms with Gasteiger partial charge in [0.25, 0.3) is 0 Å². The molecule has 0 aromatic rings. The predicted octanol–water partition coefficient (Wildman–Crippen LogP) is 0.936. The first kappa shape index (κ1) is 14.6. The molecule has 0 aromatic heterocycles. The van der Waals surface area contributed by atoms with Gasteiger partial charge in [-0.25, -0.2) is 4.79 Å². The number of amides is 2. The van der Waals surface area contributed by atoms with E-state index in [2.05, 4.69) is 11.4 Å². The van der Waals surface area contributed by atoms with Crippen LogP contribution in [0.5, 0.6) is 0 Å². The molecule has 2 amide bonds. The zero-order valence-corrected chi connectivity index (χ0v) is 11.5. The number of hydrogen-bond acceptors (Lipinski definition) is 5. The summed E-state index contributed by atoms with van der Waals surface area (Å²) in [5, 5.41) is 11.2. The van der Waals surface area contributed by atoms with Crippen LogP contribution in [0, 0.1) is 11.3 Å². The molecule has 18 heavy (non-hydrogen) atoms. The molecule has 0 spiro atoms. The lowest BCUT2D eigenvalue weighted by molar-refractivity contribution is -0.129. The zero-order chi connectivity index (χ0) is 13.8. The van der Waals surface area contributed by atoms with Gasteiger partial charge in [-0.15, -0.1) is 11.8 Å². The van der Waals surface area contributed by atoms with Gasteiger partial charge in [0.05, 0.1) is 11.9 Å².